The second-order valence-electron chi connectivity index (χ2n) is 12.2. The molecule has 0 spiro atoms. The summed E-state index contributed by atoms with van der Waals surface area (Å²) in [6.45, 7) is 1.31. The van der Waals surface area contributed by atoms with E-state index < -0.39 is 40.4 Å². The summed E-state index contributed by atoms with van der Waals surface area (Å²) in [5.74, 6) is -0.320. The lowest BCUT2D eigenvalue weighted by atomic mass is 9.94. The summed E-state index contributed by atoms with van der Waals surface area (Å²) in [4.78, 5) is 0.201. The third-order valence-electron chi connectivity index (χ3n) is 8.54. The van der Waals surface area contributed by atoms with Crippen molar-refractivity contribution >= 4 is 25.8 Å². The quantitative estimate of drug-likeness (QED) is 0.101. The molecule has 6 rings (SSSR count). The standard InChI is InChI=1S/C41H41BrO7S/c42-35-21-23-36(24-22-35)50(43,44)30-38-40(47-27-33-17-9-3-10-18-33)41(48-28-34-19-11-4-12-20-34)39(46-26-32-15-7-2-8-16-32)37(49-38)29-45-25-31-13-5-1-6-14-31/h1-24,37-41H,25-30H2/t37?,38-,39-,40?,41-/m0/s1. The maximum absolute atomic E-state index is 14.0. The van der Waals surface area contributed by atoms with Gasteiger partial charge >= 0.3 is 0 Å². The monoisotopic (exact) mass is 756 g/mol. The fourth-order valence-electron chi connectivity index (χ4n) is 5.97. The number of sulfone groups is 1. The van der Waals surface area contributed by atoms with Crippen LogP contribution in [-0.2, 0) is 59.9 Å². The molecule has 5 atom stereocenters. The van der Waals surface area contributed by atoms with E-state index in [4.69, 9.17) is 23.7 Å². The predicted octanol–water partition coefficient (Wildman–Crippen LogP) is 7.96. The molecule has 0 N–H and O–H groups in total. The van der Waals surface area contributed by atoms with E-state index in [2.05, 4.69) is 15.9 Å². The number of ether oxygens (including phenoxy) is 5. The van der Waals surface area contributed by atoms with Crippen molar-refractivity contribution in [1.82, 2.24) is 0 Å². The Balaban J connectivity index is 1.35. The maximum Gasteiger partial charge on any atom is 0.181 e. The van der Waals surface area contributed by atoms with E-state index in [-0.39, 0.29) is 30.5 Å². The summed E-state index contributed by atoms with van der Waals surface area (Å²) in [5, 5.41) is 0. The fraction of sp³-hybridized carbons (Fsp3) is 0.268. The highest BCUT2D eigenvalue weighted by Crippen LogP contribution is 2.33. The third-order valence-corrected chi connectivity index (χ3v) is 10.8. The van der Waals surface area contributed by atoms with Gasteiger partial charge in [0, 0.05) is 4.47 Å². The number of rotatable bonds is 16. The minimum atomic E-state index is -3.81. The molecule has 5 aromatic rings. The van der Waals surface area contributed by atoms with E-state index in [0.29, 0.717) is 13.2 Å². The lowest BCUT2D eigenvalue weighted by Gasteiger charge is -2.46. The summed E-state index contributed by atoms with van der Waals surface area (Å²) < 4.78 is 61.8. The zero-order valence-electron chi connectivity index (χ0n) is 27.6. The van der Waals surface area contributed by atoms with Gasteiger partial charge in [0.05, 0.1) is 43.7 Å². The van der Waals surface area contributed by atoms with Crippen LogP contribution in [0.5, 0.6) is 0 Å². The fourth-order valence-corrected chi connectivity index (χ4v) is 7.68. The molecule has 0 aliphatic carbocycles. The molecule has 0 aromatic heterocycles. The average molecular weight is 758 g/mol. The van der Waals surface area contributed by atoms with Crippen LogP contribution in [0.15, 0.2) is 155 Å². The van der Waals surface area contributed by atoms with Gasteiger partial charge in [0.15, 0.2) is 9.84 Å². The first kappa shape index (κ1) is 36.1. The molecule has 5 aromatic carbocycles. The number of hydrogen-bond acceptors (Lipinski definition) is 7. The van der Waals surface area contributed by atoms with Crippen LogP contribution in [0.4, 0.5) is 0 Å². The molecule has 1 aliphatic heterocycles. The summed E-state index contributed by atoms with van der Waals surface area (Å²) >= 11 is 3.41. The van der Waals surface area contributed by atoms with Crippen LogP contribution in [0, 0.1) is 0 Å². The van der Waals surface area contributed by atoms with Crippen molar-refractivity contribution in [3.8, 4) is 0 Å². The van der Waals surface area contributed by atoms with Gasteiger partial charge in [-0.1, -0.05) is 137 Å². The Morgan fingerprint density at radius 3 is 1.36 bits per heavy atom. The minimum absolute atomic E-state index is 0.153. The van der Waals surface area contributed by atoms with E-state index in [9.17, 15) is 8.42 Å². The van der Waals surface area contributed by atoms with E-state index in [1.165, 1.54) is 0 Å². The molecule has 9 heteroatoms. The minimum Gasteiger partial charge on any atom is -0.374 e. The van der Waals surface area contributed by atoms with Crippen molar-refractivity contribution in [2.45, 2.75) is 61.8 Å². The summed E-state index contributed by atoms with van der Waals surface area (Å²) in [6.07, 6.45) is -3.70. The van der Waals surface area contributed by atoms with Crippen LogP contribution in [0.3, 0.4) is 0 Å². The predicted molar refractivity (Wildman–Crippen MR) is 196 cm³/mol. The second-order valence-corrected chi connectivity index (χ2v) is 15.2. The first-order valence-electron chi connectivity index (χ1n) is 16.7. The van der Waals surface area contributed by atoms with Crippen LogP contribution >= 0.6 is 15.9 Å². The Kier molecular flexibility index (Phi) is 13.0. The van der Waals surface area contributed by atoms with Crippen molar-refractivity contribution in [3.63, 3.8) is 0 Å². The molecular weight excluding hydrogens is 716 g/mol. The van der Waals surface area contributed by atoms with Gasteiger partial charge in [-0.3, -0.25) is 0 Å². The van der Waals surface area contributed by atoms with Crippen LogP contribution in [0.25, 0.3) is 0 Å². The smallest absolute Gasteiger partial charge is 0.181 e. The molecule has 0 radical (unpaired) electrons. The molecule has 260 valence electrons. The van der Waals surface area contributed by atoms with Crippen LogP contribution in [0.1, 0.15) is 22.3 Å². The maximum atomic E-state index is 14.0. The third kappa shape index (κ3) is 10.2. The van der Waals surface area contributed by atoms with Gasteiger partial charge in [0.2, 0.25) is 0 Å². The second kappa shape index (κ2) is 18.0. The molecule has 2 unspecified atom stereocenters. The Labute approximate surface area is 303 Å². The van der Waals surface area contributed by atoms with E-state index >= 15 is 0 Å². The van der Waals surface area contributed by atoms with Gasteiger partial charge in [-0.2, -0.15) is 0 Å². The first-order valence-corrected chi connectivity index (χ1v) is 19.1. The molecular formula is C41H41BrO7S. The summed E-state index contributed by atoms with van der Waals surface area (Å²) in [7, 11) is -3.81. The van der Waals surface area contributed by atoms with Gasteiger partial charge in [0.1, 0.15) is 30.5 Å². The molecule has 50 heavy (non-hydrogen) atoms. The van der Waals surface area contributed by atoms with Crippen LogP contribution in [0.2, 0.25) is 0 Å². The molecule has 1 saturated heterocycles. The van der Waals surface area contributed by atoms with Gasteiger partial charge in [0.25, 0.3) is 0 Å². The Morgan fingerprint density at radius 1 is 0.500 bits per heavy atom. The molecule has 0 bridgehead atoms. The molecule has 0 amide bonds. The van der Waals surface area contributed by atoms with E-state index in [0.717, 1.165) is 26.7 Å². The lowest BCUT2D eigenvalue weighted by Crippen LogP contribution is -2.62. The topological polar surface area (TPSA) is 80.3 Å². The van der Waals surface area contributed by atoms with Crippen molar-refractivity contribution in [3.05, 3.63) is 172 Å². The zero-order valence-corrected chi connectivity index (χ0v) is 30.0. The number of halogens is 1. The van der Waals surface area contributed by atoms with Crippen molar-refractivity contribution in [2.75, 3.05) is 12.4 Å². The number of benzene rings is 5. The SMILES string of the molecule is O=S(=O)(C[C@@H]1OC(COCc2ccccc2)[C@H](OCc2ccccc2)[C@H](OCc2ccccc2)C1OCc1ccccc1)c1ccc(Br)cc1. The van der Waals surface area contributed by atoms with Crippen molar-refractivity contribution in [1.29, 1.82) is 0 Å². The first-order chi connectivity index (χ1) is 24.4. The largest absolute Gasteiger partial charge is 0.374 e. The molecule has 0 saturated carbocycles. The zero-order chi connectivity index (χ0) is 34.6. The van der Waals surface area contributed by atoms with Crippen molar-refractivity contribution in [2.24, 2.45) is 0 Å². The summed E-state index contributed by atoms with van der Waals surface area (Å²) in [5.41, 5.74) is 3.91. The highest BCUT2D eigenvalue weighted by atomic mass is 79.9. The van der Waals surface area contributed by atoms with Crippen molar-refractivity contribution < 1.29 is 32.1 Å². The Morgan fingerprint density at radius 2 is 0.900 bits per heavy atom. The Bertz CT molecular complexity index is 1830. The highest BCUT2D eigenvalue weighted by molar-refractivity contribution is 9.10. The van der Waals surface area contributed by atoms with Crippen LogP contribution < -0.4 is 0 Å². The lowest BCUT2D eigenvalue weighted by molar-refractivity contribution is -0.268. The van der Waals surface area contributed by atoms with Gasteiger partial charge in [-0.25, -0.2) is 8.42 Å². The van der Waals surface area contributed by atoms with Gasteiger partial charge in [-0.05, 0) is 46.5 Å². The van der Waals surface area contributed by atoms with Gasteiger partial charge < -0.3 is 23.7 Å². The summed E-state index contributed by atoms with van der Waals surface area (Å²) in [6, 6.07) is 46.1. The van der Waals surface area contributed by atoms with E-state index in [1.807, 2.05) is 121 Å². The van der Waals surface area contributed by atoms with Crippen LogP contribution in [-0.4, -0.2) is 51.3 Å². The number of hydrogen-bond donors (Lipinski definition) is 0. The Hall–Kier alpha value is -3.67. The van der Waals surface area contributed by atoms with Gasteiger partial charge in [-0.15, -0.1) is 0 Å². The highest BCUT2D eigenvalue weighted by Gasteiger charge is 2.49. The molecule has 1 heterocycles. The molecule has 7 nitrogen and oxygen atoms in total. The van der Waals surface area contributed by atoms with E-state index in [1.54, 1.807) is 24.3 Å². The normalized spacial score (nSPS) is 20.8. The average Bonchev–Trinajstić information content (AvgIpc) is 3.15. The molecule has 1 aliphatic rings. The molecule has 1 fully saturated rings.